The van der Waals surface area contributed by atoms with Crippen molar-refractivity contribution in [3.63, 3.8) is 0 Å². The number of esters is 1. The Morgan fingerprint density at radius 1 is 1.41 bits per heavy atom. The first-order valence-corrected chi connectivity index (χ1v) is 7.13. The van der Waals surface area contributed by atoms with Crippen molar-refractivity contribution in [1.29, 1.82) is 0 Å². The number of carbonyl (C=O) groups is 3. The lowest BCUT2D eigenvalue weighted by Crippen LogP contribution is -2.35. The van der Waals surface area contributed by atoms with E-state index in [-0.39, 0.29) is 21.6 Å². The van der Waals surface area contributed by atoms with Crippen LogP contribution in [0, 0.1) is 10.1 Å². The van der Waals surface area contributed by atoms with Crippen molar-refractivity contribution >= 4 is 39.4 Å². The van der Waals surface area contributed by atoms with E-state index in [9.17, 15) is 24.5 Å². The van der Waals surface area contributed by atoms with E-state index in [1.807, 2.05) is 0 Å². The molecule has 0 unspecified atom stereocenters. The Balaban J connectivity index is 2.00. The molecule has 1 fully saturated rings. The molecule has 8 nitrogen and oxygen atoms in total. The first kappa shape index (κ1) is 16.1. The van der Waals surface area contributed by atoms with Gasteiger partial charge in [0, 0.05) is 19.0 Å². The number of carbonyl (C=O) groups excluding carboxylic acids is 3. The smallest absolute Gasteiger partial charge is 0.338 e. The van der Waals surface area contributed by atoms with Crippen molar-refractivity contribution in [2.24, 2.45) is 0 Å². The molecule has 2 amide bonds. The minimum absolute atomic E-state index is 0.0459. The van der Waals surface area contributed by atoms with Crippen LogP contribution in [0.3, 0.4) is 0 Å². The second kappa shape index (κ2) is 6.65. The van der Waals surface area contributed by atoms with Crippen LogP contribution in [0.1, 0.15) is 23.2 Å². The zero-order chi connectivity index (χ0) is 16.3. The second-order valence-electron chi connectivity index (χ2n) is 4.54. The molecule has 0 aliphatic carbocycles. The predicted molar refractivity (Wildman–Crippen MR) is 77.0 cm³/mol. The molecule has 0 aromatic heterocycles. The van der Waals surface area contributed by atoms with E-state index in [0.717, 1.165) is 11.0 Å². The minimum atomic E-state index is -0.865. The lowest BCUT2D eigenvalue weighted by Gasteiger charge is -2.13. The maximum absolute atomic E-state index is 11.8. The molecule has 0 N–H and O–H groups in total. The number of benzene rings is 1. The van der Waals surface area contributed by atoms with Crippen molar-refractivity contribution in [3.8, 4) is 0 Å². The molecule has 0 bridgehead atoms. The van der Waals surface area contributed by atoms with Crippen LogP contribution in [0.25, 0.3) is 0 Å². The normalized spacial score (nSPS) is 14.0. The molecular formula is C13H11BrN2O6. The van der Waals surface area contributed by atoms with Crippen molar-refractivity contribution in [2.75, 3.05) is 13.2 Å². The molecule has 1 aliphatic heterocycles. The van der Waals surface area contributed by atoms with Crippen molar-refractivity contribution in [3.05, 3.63) is 38.3 Å². The van der Waals surface area contributed by atoms with Crippen LogP contribution in [0.5, 0.6) is 0 Å². The van der Waals surface area contributed by atoms with Crippen molar-refractivity contribution in [1.82, 2.24) is 4.90 Å². The molecule has 1 aliphatic rings. The number of nitrogens with zero attached hydrogens (tertiary/aromatic N) is 2. The third-order valence-corrected chi connectivity index (χ3v) is 3.75. The average Bonchev–Trinajstić information content (AvgIpc) is 2.90. The molecule has 1 heterocycles. The van der Waals surface area contributed by atoms with Gasteiger partial charge in [-0.2, -0.15) is 0 Å². The largest absolute Gasteiger partial charge is 0.452 e. The highest BCUT2D eigenvalue weighted by Gasteiger charge is 2.27. The Bertz CT molecular complexity index is 660. The van der Waals surface area contributed by atoms with Crippen LogP contribution in [0.4, 0.5) is 5.69 Å². The maximum Gasteiger partial charge on any atom is 0.338 e. The van der Waals surface area contributed by atoms with Crippen LogP contribution >= 0.6 is 15.9 Å². The fourth-order valence-electron chi connectivity index (χ4n) is 1.98. The number of nitro benzene ring substituents is 1. The molecule has 22 heavy (non-hydrogen) atoms. The lowest BCUT2D eigenvalue weighted by atomic mass is 10.2. The summed E-state index contributed by atoms with van der Waals surface area (Å²) in [7, 11) is 0. The number of hydrogen-bond donors (Lipinski definition) is 0. The average molecular weight is 371 g/mol. The quantitative estimate of drug-likeness (QED) is 0.453. The summed E-state index contributed by atoms with van der Waals surface area (Å²) in [5.74, 6) is -1.75. The molecule has 1 aromatic carbocycles. The Morgan fingerprint density at radius 2 is 2.14 bits per heavy atom. The van der Waals surface area contributed by atoms with Gasteiger partial charge in [0.25, 0.3) is 11.6 Å². The fraction of sp³-hybridized carbons (Fsp3) is 0.308. The van der Waals surface area contributed by atoms with E-state index >= 15 is 0 Å². The van der Waals surface area contributed by atoms with E-state index in [4.69, 9.17) is 4.74 Å². The molecule has 9 heteroatoms. The molecule has 1 aromatic rings. The molecular weight excluding hydrogens is 360 g/mol. The van der Waals surface area contributed by atoms with Crippen LogP contribution in [-0.4, -0.2) is 40.8 Å². The number of likely N-dealkylation sites (tertiary alicyclic amines) is 1. The topological polar surface area (TPSA) is 107 Å². The van der Waals surface area contributed by atoms with Gasteiger partial charge in [0.1, 0.15) is 0 Å². The third kappa shape index (κ3) is 3.48. The monoisotopic (exact) mass is 370 g/mol. The van der Waals surface area contributed by atoms with Gasteiger partial charge in [-0.15, -0.1) is 0 Å². The van der Waals surface area contributed by atoms with Gasteiger partial charge in [0.2, 0.25) is 5.91 Å². The van der Waals surface area contributed by atoms with Gasteiger partial charge in [0.05, 0.1) is 15.0 Å². The van der Waals surface area contributed by atoms with Gasteiger partial charge in [-0.25, -0.2) is 4.79 Å². The van der Waals surface area contributed by atoms with Gasteiger partial charge in [0.15, 0.2) is 6.61 Å². The Labute approximate surface area is 133 Å². The molecule has 0 atom stereocenters. The number of nitro groups is 1. The van der Waals surface area contributed by atoms with E-state index in [0.29, 0.717) is 19.4 Å². The Morgan fingerprint density at radius 3 is 2.73 bits per heavy atom. The number of hydrogen-bond acceptors (Lipinski definition) is 6. The molecule has 1 saturated heterocycles. The molecule has 116 valence electrons. The SMILES string of the molecule is O=C(OCC(=O)N1CCCC1=O)c1ccc(Br)c([N+](=O)[O-])c1. The standard InChI is InChI=1S/C13H11BrN2O6/c14-9-4-3-8(6-10(9)16(20)21)13(19)22-7-12(18)15-5-1-2-11(15)17/h3-4,6H,1-2,5,7H2. The molecule has 0 saturated carbocycles. The summed E-state index contributed by atoms with van der Waals surface area (Å²) in [5, 5.41) is 10.8. The van der Waals surface area contributed by atoms with Gasteiger partial charge in [-0.3, -0.25) is 24.6 Å². The summed E-state index contributed by atoms with van der Waals surface area (Å²) in [4.78, 5) is 46.1. The van der Waals surface area contributed by atoms with E-state index in [1.165, 1.54) is 12.1 Å². The van der Waals surface area contributed by atoms with Gasteiger partial charge in [-0.1, -0.05) is 0 Å². The van der Waals surface area contributed by atoms with Gasteiger partial charge >= 0.3 is 5.97 Å². The molecule has 0 spiro atoms. The highest BCUT2D eigenvalue weighted by Crippen LogP contribution is 2.25. The summed E-state index contributed by atoms with van der Waals surface area (Å²) in [5.41, 5.74) is -0.328. The first-order chi connectivity index (χ1) is 10.4. The van der Waals surface area contributed by atoms with Crippen molar-refractivity contribution < 1.29 is 24.0 Å². The summed E-state index contributed by atoms with van der Waals surface area (Å²) >= 11 is 3.00. The van der Waals surface area contributed by atoms with Crippen LogP contribution in [0.15, 0.2) is 22.7 Å². The zero-order valence-corrected chi connectivity index (χ0v) is 12.9. The number of halogens is 1. The highest BCUT2D eigenvalue weighted by atomic mass is 79.9. The lowest BCUT2D eigenvalue weighted by molar-refractivity contribution is -0.385. The van der Waals surface area contributed by atoms with E-state index < -0.39 is 23.4 Å². The molecule has 2 rings (SSSR count). The number of imide groups is 1. The van der Waals surface area contributed by atoms with Crippen LogP contribution < -0.4 is 0 Å². The number of ether oxygens (including phenoxy) is 1. The predicted octanol–water partition coefficient (Wildman–Crippen LogP) is 1.66. The maximum atomic E-state index is 11.8. The summed E-state index contributed by atoms with van der Waals surface area (Å²) in [6.07, 6.45) is 0.899. The summed E-state index contributed by atoms with van der Waals surface area (Å²) in [6.45, 7) is -0.257. The fourth-order valence-corrected chi connectivity index (χ4v) is 2.37. The van der Waals surface area contributed by atoms with Gasteiger partial charge in [-0.05, 0) is 34.5 Å². The Hall–Kier alpha value is -2.29. The Kier molecular flexibility index (Phi) is 4.86. The second-order valence-corrected chi connectivity index (χ2v) is 5.40. The molecule has 0 radical (unpaired) electrons. The summed E-state index contributed by atoms with van der Waals surface area (Å²) in [6, 6.07) is 3.74. The third-order valence-electron chi connectivity index (χ3n) is 3.08. The number of amides is 2. The van der Waals surface area contributed by atoms with E-state index in [2.05, 4.69) is 15.9 Å². The van der Waals surface area contributed by atoms with Crippen molar-refractivity contribution in [2.45, 2.75) is 12.8 Å². The zero-order valence-electron chi connectivity index (χ0n) is 11.3. The highest BCUT2D eigenvalue weighted by molar-refractivity contribution is 9.10. The first-order valence-electron chi connectivity index (χ1n) is 6.34. The van der Waals surface area contributed by atoms with Crippen LogP contribution in [-0.2, 0) is 14.3 Å². The summed E-state index contributed by atoms with van der Waals surface area (Å²) < 4.78 is 5.03. The van der Waals surface area contributed by atoms with Crippen LogP contribution in [0.2, 0.25) is 0 Å². The minimum Gasteiger partial charge on any atom is -0.452 e. The number of rotatable bonds is 4. The van der Waals surface area contributed by atoms with Gasteiger partial charge < -0.3 is 4.74 Å². The van der Waals surface area contributed by atoms with E-state index in [1.54, 1.807) is 0 Å².